The van der Waals surface area contributed by atoms with Crippen molar-refractivity contribution in [1.29, 1.82) is 0 Å². The quantitative estimate of drug-likeness (QED) is 0.678. The molecule has 0 rings (SSSR count). The van der Waals surface area contributed by atoms with E-state index in [-0.39, 0.29) is 10.6 Å². The van der Waals surface area contributed by atoms with Gasteiger partial charge in [-0.05, 0) is 25.7 Å². The Morgan fingerprint density at radius 3 is 1.15 bits per heavy atom. The van der Waals surface area contributed by atoms with Crippen LogP contribution in [0.4, 0.5) is 0 Å². The zero-order valence-corrected chi connectivity index (χ0v) is 11.8. The summed E-state index contributed by atoms with van der Waals surface area (Å²) in [4.78, 5) is 0. The van der Waals surface area contributed by atoms with Crippen LogP contribution in [0.1, 0.15) is 53.4 Å². The minimum Gasteiger partial charge on any atom is -0.299 e. The fourth-order valence-electron chi connectivity index (χ4n) is 1.35. The highest BCUT2D eigenvalue weighted by atomic mass is 31.0. The van der Waals surface area contributed by atoms with Gasteiger partial charge in [-0.1, -0.05) is 27.7 Å². The van der Waals surface area contributed by atoms with Crippen LogP contribution >= 0.6 is 18.5 Å². The Hall–Kier alpha value is 0.820. The van der Waals surface area contributed by atoms with E-state index in [1.165, 1.54) is 0 Å². The van der Waals surface area contributed by atoms with Gasteiger partial charge in [0.1, 0.15) is 0 Å². The third-order valence-corrected chi connectivity index (χ3v) is 4.94. The predicted molar refractivity (Wildman–Crippen MR) is 69.2 cm³/mol. The lowest BCUT2D eigenvalue weighted by Crippen LogP contribution is -2.50. The molecule has 1 nitrogen and oxygen atoms in total. The van der Waals surface area contributed by atoms with E-state index in [1.807, 2.05) is 0 Å². The van der Waals surface area contributed by atoms with E-state index in [1.54, 1.807) is 0 Å². The van der Waals surface area contributed by atoms with E-state index in [2.05, 4.69) is 51.5 Å². The molecule has 0 aliphatic carbocycles. The van der Waals surface area contributed by atoms with Gasteiger partial charge in [0.15, 0.2) is 0 Å². The van der Waals surface area contributed by atoms with Gasteiger partial charge in [0, 0.05) is 10.6 Å². The Labute approximate surface area is 88.2 Å². The van der Waals surface area contributed by atoms with E-state index < -0.39 is 0 Å². The van der Waals surface area contributed by atoms with Crippen molar-refractivity contribution >= 4 is 18.5 Å². The second kappa shape index (κ2) is 5.64. The molecule has 0 amide bonds. The number of hydrogen-bond donors (Lipinski definition) is 1. The molecule has 2 atom stereocenters. The molecule has 1 N–H and O–H groups in total. The first kappa shape index (κ1) is 13.8. The van der Waals surface area contributed by atoms with Crippen molar-refractivity contribution in [2.45, 2.75) is 63.9 Å². The molecule has 0 aromatic rings. The zero-order valence-electron chi connectivity index (χ0n) is 9.48. The van der Waals surface area contributed by atoms with Crippen molar-refractivity contribution in [3.63, 3.8) is 0 Å². The van der Waals surface area contributed by atoms with Crippen molar-refractivity contribution in [1.82, 2.24) is 5.32 Å². The summed E-state index contributed by atoms with van der Waals surface area (Å²) in [6.07, 6.45) is 4.63. The summed E-state index contributed by atoms with van der Waals surface area (Å²) >= 11 is 0. The molecule has 0 bridgehead atoms. The number of rotatable bonds is 6. The van der Waals surface area contributed by atoms with Crippen LogP contribution in [0.5, 0.6) is 0 Å². The molecule has 13 heavy (non-hydrogen) atoms. The molecule has 80 valence electrons. The second-order valence-corrected chi connectivity index (χ2v) is 6.06. The molecule has 0 aliphatic heterocycles. The van der Waals surface area contributed by atoms with Gasteiger partial charge in [0.2, 0.25) is 0 Å². The van der Waals surface area contributed by atoms with Gasteiger partial charge in [-0.3, -0.25) is 5.32 Å². The molecule has 0 saturated heterocycles. The monoisotopic (exact) mass is 221 g/mol. The maximum Gasteiger partial charge on any atom is 0.0325 e. The SMILES string of the molecule is CCC(P)(CC)NC(P)(CC)CC. The molecule has 0 radical (unpaired) electrons. The molecule has 2 unspecified atom stereocenters. The lowest BCUT2D eigenvalue weighted by atomic mass is 10.1. The van der Waals surface area contributed by atoms with Gasteiger partial charge in [0.25, 0.3) is 0 Å². The van der Waals surface area contributed by atoms with Gasteiger partial charge in [0.05, 0.1) is 0 Å². The van der Waals surface area contributed by atoms with Crippen LogP contribution in [0.15, 0.2) is 0 Å². The second-order valence-electron chi connectivity index (χ2n) is 3.85. The fraction of sp³-hybridized carbons (Fsp3) is 1.00. The van der Waals surface area contributed by atoms with Gasteiger partial charge < -0.3 is 0 Å². The molecular formula is C10H25NP2. The summed E-state index contributed by atoms with van der Waals surface area (Å²) < 4.78 is 0. The Kier molecular flexibility index (Phi) is 6.00. The average molecular weight is 221 g/mol. The van der Waals surface area contributed by atoms with Crippen molar-refractivity contribution in [3.8, 4) is 0 Å². The topological polar surface area (TPSA) is 12.0 Å². The Morgan fingerprint density at radius 2 is 1.00 bits per heavy atom. The van der Waals surface area contributed by atoms with Crippen molar-refractivity contribution in [3.05, 3.63) is 0 Å². The highest BCUT2D eigenvalue weighted by molar-refractivity contribution is 7.20. The molecule has 0 aromatic heterocycles. The van der Waals surface area contributed by atoms with E-state index in [0.717, 1.165) is 25.7 Å². The van der Waals surface area contributed by atoms with Crippen molar-refractivity contribution in [2.24, 2.45) is 0 Å². The summed E-state index contributed by atoms with van der Waals surface area (Å²) in [5.74, 6) is 0. The maximum atomic E-state index is 3.73. The molecule has 3 heteroatoms. The van der Waals surface area contributed by atoms with Crippen LogP contribution in [0.3, 0.4) is 0 Å². The normalized spacial score (nSPS) is 13.4. The largest absolute Gasteiger partial charge is 0.299 e. The van der Waals surface area contributed by atoms with Crippen LogP contribution < -0.4 is 5.32 Å². The highest BCUT2D eigenvalue weighted by Gasteiger charge is 2.29. The highest BCUT2D eigenvalue weighted by Crippen LogP contribution is 2.32. The first-order valence-electron chi connectivity index (χ1n) is 5.32. The Morgan fingerprint density at radius 1 is 0.769 bits per heavy atom. The van der Waals surface area contributed by atoms with E-state index in [0.29, 0.717) is 0 Å². The lowest BCUT2D eigenvalue weighted by Gasteiger charge is -2.39. The van der Waals surface area contributed by atoms with Crippen molar-refractivity contribution in [2.75, 3.05) is 0 Å². The van der Waals surface area contributed by atoms with Crippen LogP contribution in [-0.2, 0) is 0 Å². The first-order valence-corrected chi connectivity index (χ1v) is 6.47. The molecule has 0 saturated carbocycles. The van der Waals surface area contributed by atoms with Crippen molar-refractivity contribution < 1.29 is 0 Å². The minimum absolute atomic E-state index is 0.216. The van der Waals surface area contributed by atoms with E-state index in [9.17, 15) is 0 Å². The van der Waals surface area contributed by atoms with Crippen LogP contribution in [-0.4, -0.2) is 10.6 Å². The van der Waals surface area contributed by atoms with Crippen LogP contribution in [0.2, 0.25) is 0 Å². The minimum atomic E-state index is 0.216. The summed E-state index contributed by atoms with van der Waals surface area (Å²) in [6.45, 7) is 8.94. The van der Waals surface area contributed by atoms with E-state index in [4.69, 9.17) is 0 Å². The van der Waals surface area contributed by atoms with E-state index >= 15 is 0 Å². The summed E-state index contributed by atoms with van der Waals surface area (Å²) in [6, 6.07) is 0. The molecule has 0 aliphatic rings. The third kappa shape index (κ3) is 4.24. The Bertz CT molecular complexity index is 124. The zero-order chi connectivity index (χ0) is 10.5. The van der Waals surface area contributed by atoms with Gasteiger partial charge in [-0.2, -0.15) is 0 Å². The van der Waals surface area contributed by atoms with Gasteiger partial charge in [-0.15, -0.1) is 18.5 Å². The third-order valence-electron chi connectivity index (χ3n) is 3.02. The van der Waals surface area contributed by atoms with Crippen LogP contribution in [0, 0.1) is 0 Å². The summed E-state index contributed by atoms with van der Waals surface area (Å²) in [5, 5.41) is 4.16. The van der Waals surface area contributed by atoms with Gasteiger partial charge in [-0.25, -0.2) is 0 Å². The Balaban J connectivity index is 4.36. The summed E-state index contributed by atoms with van der Waals surface area (Å²) in [5.41, 5.74) is 0. The predicted octanol–water partition coefficient (Wildman–Crippen LogP) is 3.36. The summed E-state index contributed by atoms with van der Waals surface area (Å²) in [7, 11) is 5.93. The van der Waals surface area contributed by atoms with Gasteiger partial charge >= 0.3 is 0 Å². The first-order chi connectivity index (χ1) is 5.95. The molecule has 0 fully saturated rings. The fourth-order valence-corrected chi connectivity index (χ4v) is 2.09. The molecule has 0 heterocycles. The standard InChI is InChI=1S/C10H25NP2/c1-5-9(12,6-2)11-10(13,7-3)8-4/h11H,5-8,12-13H2,1-4H3. The number of hydrogen-bond acceptors (Lipinski definition) is 1. The average Bonchev–Trinajstić information content (AvgIpc) is 2.17. The molecule has 0 spiro atoms. The maximum absolute atomic E-state index is 3.73. The number of nitrogens with one attached hydrogen (secondary N) is 1. The lowest BCUT2D eigenvalue weighted by molar-refractivity contribution is 0.330. The van der Waals surface area contributed by atoms with Crippen LogP contribution in [0.25, 0.3) is 0 Å². The molecular weight excluding hydrogens is 196 g/mol. The smallest absolute Gasteiger partial charge is 0.0325 e. The molecule has 0 aromatic carbocycles.